The van der Waals surface area contributed by atoms with Crippen molar-refractivity contribution in [1.29, 1.82) is 0 Å². The molecule has 102 valence electrons. The second kappa shape index (κ2) is 5.83. The van der Waals surface area contributed by atoms with Crippen LogP contribution in [0.5, 0.6) is 0 Å². The van der Waals surface area contributed by atoms with E-state index in [0.717, 1.165) is 10.0 Å². The number of carboxylic acid groups (broad SMARTS) is 1. The van der Waals surface area contributed by atoms with Crippen molar-refractivity contribution < 1.29 is 14.7 Å². The second-order valence-electron chi connectivity index (χ2n) is 4.15. The molecule has 2 N–H and O–H groups in total. The van der Waals surface area contributed by atoms with E-state index in [9.17, 15) is 9.59 Å². The molecule has 0 spiro atoms. The van der Waals surface area contributed by atoms with Crippen LogP contribution < -0.4 is 5.32 Å². The van der Waals surface area contributed by atoms with E-state index in [1.165, 1.54) is 18.3 Å². The molecule has 1 heterocycles. The van der Waals surface area contributed by atoms with Crippen LogP contribution in [0.3, 0.4) is 0 Å². The summed E-state index contributed by atoms with van der Waals surface area (Å²) in [6.07, 6.45) is 1.24. The number of carbonyl (C=O) groups excluding carboxylic acids is 1. The van der Waals surface area contributed by atoms with Crippen LogP contribution >= 0.6 is 15.9 Å². The maximum atomic E-state index is 12.0. The van der Waals surface area contributed by atoms with Gasteiger partial charge in [-0.15, -0.1) is 0 Å². The fraction of sp³-hybridized carbons (Fsp3) is 0.0714. The van der Waals surface area contributed by atoms with Crippen LogP contribution in [0.1, 0.15) is 26.4 Å². The molecule has 0 saturated carbocycles. The number of benzene rings is 1. The topological polar surface area (TPSA) is 79.3 Å². The molecule has 0 fully saturated rings. The SMILES string of the molecule is Cc1ccc(Br)cc1NC(=O)c1ccc(C(=O)O)nc1. The number of pyridine rings is 1. The van der Waals surface area contributed by atoms with Gasteiger partial charge in [0.05, 0.1) is 5.56 Å². The Bertz CT molecular complexity index is 669. The summed E-state index contributed by atoms with van der Waals surface area (Å²) in [4.78, 5) is 26.4. The minimum absolute atomic E-state index is 0.0970. The fourth-order valence-corrected chi connectivity index (χ4v) is 1.94. The van der Waals surface area contributed by atoms with Gasteiger partial charge < -0.3 is 10.4 Å². The summed E-state index contributed by atoms with van der Waals surface area (Å²) in [5.41, 5.74) is 1.82. The van der Waals surface area contributed by atoms with E-state index >= 15 is 0 Å². The second-order valence-corrected chi connectivity index (χ2v) is 5.07. The molecule has 1 aromatic heterocycles. The summed E-state index contributed by atoms with van der Waals surface area (Å²) < 4.78 is 0.859. The number of carboxylic acids is 1. The minimum Gasteiger partial charge on any atom is -0.477 e. The number of aryl methyl sites for hydroxylation is 1. The van der Waals surface area contributed by atoms with Crippen molar-refractivity contribution in [2.24, 2.45) is 0 Å². The summed E-state index contributed by atoms with van der Waals surface area (Å²) in [5.74, 6) is -1.46. The van der Waals surface area contributed by atoms with Crippen molar-refractivity contribution in [1.82, 2.24) is 4.98 Å². The molecule has 0 unspecified atom stereocenters. The molecule has 1 aromatic carbocycles. The standard InChI is InChI=1S/C14H11BrN2O3/c1-8-2-4-10(15)6-12(8)17-13(18)9-3-5-11(14(19)20)16-7-9/h2-7H,1H3,(H,17,18)(H,19,20). The molecule has 2 rings (SSSR count). The third kappa shape index (κ3) is 3.21. The average Bonchev–Trinajstić information content (AvgIpc) is 2.43. The molecule has 6 heteroatoms. The molecule has 5 nitrogen and oxygen atoms in total. The average molecular weight is 335 g/mol. The summed E-state index contributed by atoms with van der Waals surface area (Å²) in [5, 5.41) is 11.5. The summed E-state index contributed by atoms with van der Waals surface area (Å²) in [6.45, 7) is 1.88. The molecule has 2 aromatic rings. The zero-order valence-corrected chi connectivity index (χ0v) is 12.1. The Balaban J connectivity index is 2.19. The van der Waals surface area contributed by atoms with E-state index in [1.807, 2.05) is 19.1 Å². The number of amides is 1. The van der Waals surface area contributed by atoms with Gasteiger partial charge in [-0.05, 0) is 36.8 Å². The van der Waals surface area contributed by atoms with E-state index in [1.54, 1.807) is 6.07 Å². The van der Waals surface area contributed by atoms with Crippen molar-refractivity contribution >= 4 is 33.5 Å². The quantitative estimate of drug-likeness (QED) is 0.903. The normalized spacial score (nSPS) is 10.1. The molecule has 20 heavy (non-hydrogen) atoms. The highest BCUT2D eigenvalue weighted by Gasteiger charge is 2.10. The third-order valence-corrected chi connectivity index (χ3v) is 3.19. The van der Waals surface area contributed by atoms with Gasteiger partial charge in [0.15, 0.2) is 0 Å². The lowest BCUT2D eigenvalue weighted by Crippen LogP contribution is -2.13. The minimum atomic E-state index is -1.13. The van der Waals surface area contributed by atoms with E-state index in [4.69, 9.17) is 5.11 Å². The zero-order valence-electron chi connectivity index (χ0n) is 10.6. The first-order valence-corrected chi connectivity index (χ1v) is 6.53. The van der Waals surface area contributed by atoms with Crippen molar-refractivity contribution in [3.63, 3.8) is 0 Å². The number of rotatable bonds is 3. The van der Waals surface area contributed by atoms with Gasteiger partial charge in [-0.2, -0.15) is 0 Å². The highest BCUT2D eigenvalue weighted by Crippen LogP contribution is 2.21. The van der Waals surface area contributed by atoms with Crippen LogP contribution in [0.2, 0.25) is 0 Å². The number of halogens is 1. The van der Waals surface area contributed by atoms with Crippen LogP contribution in [-0.4, -0.2) is 22.0 Å². The number of hydrogen-bond acceptors (Lipinski definition) is 3. The van der Waals surface area contributed by atoms with Crippen LogP contribution in [0.15, 0.2) is 41.0 Å². The lowest BCUT2D eigenvalue weighted by molar-refractivity contribution is 0.0690. The molecule has 0 radical (unpaired) electrons. The molecular formula is C14H11BrN2O3. The highest BCUT2D eigenvalue weighted by molar-refractivity contribution is 9.10. The first-order chi connectivity index (χ1) is 9.47. The number of nitrogens with zero attached hydrogens (tertiary/aromatic N) is 1. The summed E-state index contributed by atoms with van der Waals surface area (Å²) in [7, 11) is 0. The number of nitrogens with one attached hydrogen (secondary N) is 1. The Hall–Kier alpha value is -2.21. The largest absolute Gasteiger partial charge is 0.477 e. The molecule has 0 atom stereocenters. The van der Waals surface area contributed by atoms with Crippen LogP contribution in [0.25, 0.3) is 0 Å². The summed E-state index contributed by atoms with van der Waals surface area (Å²) >= 11 is 3.34. The maximum absolute atomic E-state index is 12.0. The van der Waals surface area contributed by atoms with Gasteiger partial charge in [0.25, 0.3) is 5.91 Å². The van der Waals surface area contributed by atoms with Crippen LogP contribution in [0, 0.1) is 6.92 Å². The van der Waals surface area contributed by atoms with Gasteiger partial charge in [-0.25, -0.2) is 9.78 Å². The molecule has 0 bridgehead atoms. The maximum Gasteiger partial charge on any atom is 0.354 e. The molecular weight excluding hydrogens is 324 g/mol. The Morgan fingerprint density at radius 3 is 2.60 bits per heavy atom. The van der Waals surface area contributed by atoms with Crippen molar-refractivity contribution in [3.05, 3.63) is 57.8 Å². The zero-order chi connectivity index (χ0) is 14.7. The number of aromatic nitrogens is 1. The Morgan fingerprint density at radius 1 is 1.25 bits per heavy atom. The van der Waals surface area contributed by atoms with E-state index < -0.39 is 5.97 Å². The summed E-state index contributed by atoms with van der Waals surface area (Å²) in [6, 6.07) is 8.29. The highest BCUT2D eigenvalue weighted by atomic mass is 79.9. The van der Waals surface area contributed by atoms with Crippen molar-refractivity contribution in [3.8, 4) is 0 Å². The molecule has 0 aliphatic carbocycles. The third-order valence-electron chi connectivity index (χ3n) is 2.69. The predicted octanol–water partition coefficient (Wildman–Crippen LogP) is 3.10. The fourth-order valence-electron chi connectivity index (χ4n) is 1.58. The number of carbonyl (C=O) groups is 2. The predicted molar refractivity (Wildman–Crippen MR) is 78.0 cm³/mol. The van der Waals surface area contributed by atoms with Crippen LogP contribution in [0.4, 0.5) is 5.69 Å². The van der Waals surface area contributed by atoms with Crippen LogP contribution in [-0.2, 0) is 0 Å². The molecule has 0 aliphatic rings. The van der Waals surface area contributed by atoms with Crippen molar-refractivity contribution in [2.75, 3.05) is 5.32 Å². The molecule has 0 saturated heterocycles. The van der Waals surface area contributed by atoms with E-state index in [2.05, 4.69) is 26.2 Å². The first-order valence-electron chi connectivity index (χ1n) is 5.74. The lowest BCUT2D eigenvalue weighted by Gasteiger charge is -2.08. The number of anilines is 1. The van der Waals surface area contributed by atoms with Crippen molar-refractivity contribution in [2.45, 2.75) is 6.92 Å². The number of aromatic carboxylic acids is 1. The van der Waals surface area contributed by atoms with Gasteiger partial charge in [-0.1, -0.05) is 22.0 Å². The van der Waals surface area contributed by atoms with Gasteiger partial charge in [0.2, 0.25) is 0 Å². The van der Waals surface area contributed by atoms with Gasteiger partial charge in [-0.3, -0.25) is 4.79 Å². The molecule has 1 amide bonds. The van der Waals surface area contributed by atoms with Gasteiger partial charge >= 0.3 is 5.97 Å². The Kier molecular flexibility index (Phi) is 4.14. The van der Waals surface area contributed by atoms with Gasteiger partial charge in [0.1, 0.15) is 5.69 Å². The van der Waals surface area contributed by atoms with Gasteiger partial charge in [0, 0.05) is 16.4 Å². The monoisotopic (exact) mass is 334 g/mol. The molecule has 0 aliphatic heterocycles. The Labute approximate surface area is 123 Å². The first kappa shape index (κ1) is 14.2. The Morgan fingerprint density at radius 2 is 2.00 bits per heavy atom. The lowest BCUT2D eigenvalue weighted by atomic mass is 10.2. The smallest absolute Gasteiger partial charge is 0.354 e. The van der Waals surface area contributed by atoms with E-state index in [0.29, 0.717) is 11.3 Å². The van der Waals surface area contributed by atoms with E-state index in [-0.39, 0.29) is 11.6 Å². The number of hydrogen-bond donors (Lipinski definition) is 2.